The van der Waals surface area contributed by atoms with Gasteiger partial charge in [-0.15, -0.1) is 0 Å². The van der Waals surface area contributed by atoms with E-state index in [9.17, 15) is 4.79 Å². The molecule has 0 saturated heterocycles. The number of carbonyl (C=O) groups is 1. The molecule has 106 valence electrons. The van der Waals surface area contributed by atoms with Gasteiger partial charge in [-0.05, 0) is 37.0 Å². The molecule has 0 spiro atoms. The van der Waals surface area contributed by atoms with E-state index in [0.717, 1.165) is 17.0 Å². The fourth-order valence-electron chi connectivity index (χ4n) is 2.10. The Hall–Kier alpha value is -1.06. The van der Waals surface area contributed by atoms with Crippen LogP contribution < -0.4 is 11.1 Å². The standard InChI is InChI=1S/C15H23ClN2O/c1-10(2)14(9-17)15(19)18-11(3)7-12-5-4-6-13(16)8-12/h4-6,8,10-11,14H,7,9,17H2,1-3H3,(H,18,19). The maximum atomic E-state index is 12.1. The van der Waals surface area contributed by atoms with Gasteiger partial charge in [-0.3, -0.25) is 4.79 Å². The molecule has 4 heteroatoms. The average Bonchev–Trinajstić information content (AvgIpc) is 2.28. The van der Waals surface area contributed by atoms with Gasteiger partial charge in [0.2, 0.25) is 5.91 Å². The van der Waals surface area contributed by atoms with Crippen LogP contribution in [-0.4, -0.2) is 18.5 Å². The molecule has 0 aliphatic carbocycles. The molecule has 0 radical (unpaired) electrons. The van der Waals surface area contributed by atoms with Crippen molar-refractivity contribution in [1.29, 1.82) is 0 Å². The predicted octanol–water partition coefficient (Wildman–Crippen LogP) is 2.62. The van der Waals surface area contributed by atoms with E-state index in [0.29, 0.717) is 6.54 Å². The van der Waals surface area contributed by atoms with E-state index in [1.165, 1.54) is 0 Å². The van der Waals surface area contributed by atoms with Crippen LogP contribution in [0.15, 0.2) is 24.3 Å². The number of hydrogen-bond acceptors (Lipinski definition) is 2. The quantitative estimate of drug-likeness (QED) is 0.843. The van der Waals surface area contributed by atoms with E-state index >= 15 is 0 Å². The van der Waals surface area contributed by atoms with Crippen LogP contribution in [0.5, 0.6) is 0 Å². The molecule has 0 saturated carbocycles. The second-order valence-electron chi connectivity index (χ2n) is 5.33. The zero-order valence-electron chi connectivity index (χ0n) is 11.8. The first-order chi connectivity index (χ1) is 8.93. The van der Waals surface area contributed by atoms with Gasteiger partial charge in [0.25, 0.3) is 0 Å². The molecule has 19 heavy (non-hydrogen) atoms. The highest BCUT2D eigenvalue weighted by atomic mass is 35.5. The monoisotopic (exact) mass is 282 g/mol. The first kappa shape index (κ1) is 16.0. The molecule has 2 unspecified atom stereocenters. The highest BCUT2D eigenvalue weighted by Gasteiger charge is 2.21. The average molecular weight is 283 g/mol. The summed E-state index contributed by atoms with van der Waals surface area (Å²) in [6.07, 6.45) is 0.766. The van der Waals surface area contributed by atoms with Gasteiger partial charge in [0.15, 0.2) is 0 Å². The van der Waals surface area contributed by atoms with Crippen LogP contribution in [0, 0.1) is 11.8 Å². The van der Waals surface area contributed by atoms with E-state index < -0.39 is 0 Å². The summed E-state index contributed by atoms with van der Waals surface area (Å²) in [6, 6.07) is 7.77. The Kier molecular flexibility index (Phi) is 6.32. The van der Waals surface area contributed by atoms with Gasteiger partial charge in [0.05, 0.1) is 5.92 Å². The topological polar surface area (TPSA) is 55.1 Å². The Balaban J connectivity index is 2.55. The molecule has 3 nitrogen and oxygen atoms in total. The first-order valence-corrected chi connectivity index (χ1v) is 7.06. The smallest absolute Gasteiger partial charge is 0.224 e. The number of amides is 1. The molecular formula is C15H23ClN2O. The van der Waals surface area contributed by atoms with Gasteiger partial charge in [-0.1, -0.05) is 37.6 Å². The Labute approximate surface area is 120 Å². The molecule has 1 aromatic rings. The minimum absolute atomic E-state index is 0.0343. The van der Waals surface area contributed by atoms with Gasteiger partial charge in [0.1, 0.15) is 0 Å². The van der Waals surface area contributed by atoms with E-state index in [2.05, 4.69) is 5.32 Å². The number of halogens is 1. The number of carbonyl (C=O) groups excluding carboxylic acids is 1. The van der Waals surface area contributed by atoms with Crippen molar-refractivity contribution in [2.45, 2.75) is 33.2 Å². The third kappa shape index (κ3) is 5.21. The fraction of sp³-hybridized carbons (Fsp3) is 0.533. The SMILES string of the molecule is CC(Cc1cccc(Cl)c1)NC(=O)C(CN)C(C)C. The maximum absolute atomic E-state index is 12.1. The zero-order valence-corrected chi connectivity index (χ0v) is 12.6. The van der Waals surface area contributed by atoms with Gasteiger partial charge in [0, 0.05) is 17.6 Å². The molecule has 1 amide bonds. The summed E-state index contributed by atoms with van der Waals surface area (Å²) >= 11 is 5.94. The highest BCUT2D eigenvalue weighted by Crippen LogP contribution is 2.13. The van der Waals surface area contributed by atoms with Crippen molar-refractivity contribution in [3.05, 3.63) is 34.9 Å². The summed E-state index contributed by atoms with van der Waals surface area (Å²) in [5, 5.41) is 3.74. The summed E-state index contributed by atoms with van der Waals surface area (Å²) in [5.41, 5.74) is 6.76. The van der Waals surface area contributed by atoms with Crippen molar-refractivity contribution < 1.29 is 4.79 Å². The third-order valence-corrected chi connectivity index (χ3v) is 3.45. The van der Waals surface area contributed by atoms with Crippen LogP contribution in [0.1, 0.15) is 26.3 Å². The van der Waals surface area contributed by atoms with Gasteiger partial charge >= 0.3 is 0 Å². The Morgan fingerprint density at radius 3 is 2.58 bits per heavy atom. The molecule has 1 aromatic carbocycles. The molecule has 0 aliphatic rings. The molecule has 3 N–H and O–H groups in total. The summed E-state index contributed by atoms with van der Waals surface area (Å²) < 4.78 is 0. The lowest BCUT2D eigenvalue weighted by Crippen LogP contribution is -2.42. The van der Waals surface area contributed by atoms with Crippen molar-refractivity contribution in [1.82, 2.24) is 5.32 Å². The lowest BCUT2D eigenvalue weighted by molar-refractivity contribution is -0.126. The molecule has 0 bridgehead atoms. The summed E-state index contributed by atoms with van der Waals surface area (Å²) in [4.78, 5) is 12.1. The lowest BCUT2D eigenvalue weighted by Gasteiger charge is -2.21. The normalized spacial score (nSPS) is 14.2. The minimum Gasteiger partial charge on any atom is -0.353 e. The molecule has 0 heterocycles. The van der Waals surface area contributed by atoms with Crippen LogP contribution in [0.25, 0.3) is 0 Å². The van der Waals surface area contributed by atoms with Crippen LogP contribution in [0.2, 0.25) is 5.02 Å². The maximum Gasteiger partial charge on any atom is 0.224 e. The van der Waals surface area contributed by atoms with Crippen molar-refractivity contribution >= 4 is 17.5 Å². The van der Waals surface area contributed by atoms with Crippen LogP contribution in [-0.2, 0) is 11.2 Å². The summed E-state index contributed by atoms with van der Waals surface area (Å²) in [7, 11) is 0. The summed E-state index contributed by atoms with van der Waals surface area (Å²) in [6.45, 7) is 6.40. The highest BCUT2D eigenvalue weighted by molar-refractivity contribution is 6.30. The predicted molar refractivity (Wildman–Crippen MR) is 80.1 cm³/mol. The number of nitrogens with one attached hydrogen (secondary N) is 1. The lowest BCUT2D eigenvalue weighted by atomic mass is 9.94. The van der Waals surface area contributed by atoms with Crippen LogP contribution in [0.3, 0.4) is 0 Å². The minimum atomic E-state index is -0.123. The Morgan fingerprint density at radius 2 is 2.05 bits per heavy atom. The largest absolute Gasteiger partial charge is 0.353 e. The second-order valence-corrected chi connectivity index (χ2v) is 5.77. The van der Waals surface area contributed by atoms with Crippen LogP contribution >= 0.6 is 11.6 Å². The van der Waals surface area contributed by atoms with E-state index in [1.807, 2.05) is 45.0 Å². The van der Waals surface area contributed by atoms with Crippen molar-refractivity contribution in [3.63, 3.8) is 0 Å². The van der Waals surface area contributed by atoms with Crippen molar-refractivity contribution in [2.75, 3.05) is 6.54 Å². The Bertz CT molecular complexity index is 420. The zero-order chi connectivity index (χ0) is 14.4. The van der Waals surface area contributed by atoms with Gasteiger partial charge < -0.3 is 11.1 Å². The summed E-state index contributed by atoms with van der Waals surface area (Å²) in [5.74, 6) is 0.164. The molecule has 0 fully saturated rings. The first-order valence-electron chi connectivity index (χ1n) is 6.69. The van der Waals surface area contributed by atoms with E-state index in [4.69, 9.17) is 17.3 Å². The van der Waals surface area contributed by atoms with Gasteiger partial charge in [-0.25, -0.2) is 0 Å². The van der Waals surface area contributed by atoms with Gasteiger partial charge in [-0.2, -0.15) is 0 Å². The Morgan fingerprint density at radius 1 is 1.37 bits per heavy atom. The number of benzene rings is 1. The number of rotatable bonds is 6. The number of hydrogen-bond donors (Lipinski definition) is 2. The number of nitrogens with two attached hydrogens (primary N) is 1. The molecule has 2 atom stereocenters. The third-order valence-electron chi connectivity index (χ3n) is 3.22. The van der Waals surface area contributed by atoms with E-state index in [1.54, 1.807) is 0 Å². The van der Waals surface area contributed by atoms with E-state index in [-0.39, 0.29) is 23.8 Å². The molecule has 0 aliphatic heterocycles. The van der Waals surface area contributed by atoms with Crippen molar-refractivity contribution in [3.8, 4) is 0 Å². The molecular weight excluding hydrogens is 260 g/mol. The molecule has 1 rings (SSSR count). The fourth-order valence-corrected chi connectivity index (χ4v) is 2.31. The van der Waals surface area contributed by atoms with Crippen molar-refractivity contribution in [2.24, 2.45) is 17.6 Å². The molecule has 0 aromatic heterocycles. The van der Waals surface area contributed by atoms with Crippen LogP contribution in [0.4, 0.5) is 0 Å². The second kappa shape index (κ2) is 7.51.